The summed E-state index contributed by atoms with van der Waals surface area (Å²) in [7, 11) is 0. The van der Waals surface area contributed by atoms with Crippen LogP contribution in [0.5, 0.6) is 0 Å². The van der Waals surface area contributed by atoms with Gasteiger partial charge in [0.25, 0.3) is 0 Å². The van der Waals surface area contributed by atoms with Crippen LogP contribution in [0.25, 0.3) is 10.2 Å². The van der Waals surface area contributed by atoms with Crippen molar-refractivity contribution in [2.75, 3.05) is 0 Å². The summed E-state index contributed by atoms with van der Waals surface area (Å²) in [5.74, 6) is 0.496. The molecule has 0 radical (unpaired) electrons. The number of aromatic nitrogens is 3. The molecule has 2 heterocycles. The smallest absolute Gasteiger partial charge is 0.135 e. The number of hydrogen-bond acceptors (Lipinski definition) is 4. The molecule has 0 unspecified atom stereocenters. The van der Waals surface area contributed by atoms with Gasteiger partial charge in [-0.3, -0.25) is 0 Å². The molecule has 3 nitrogen and oxygen atoms in total. The predicted octanol–water partition coefficient (Wildman–Crippen LogP) is 2.86. The molecule has 2 rings (SSSR count). The summed E-state index contributed by atoms with van der Waals surface area (Å²) in [6.07, 6.45) is 0. The monoisotopic (exact) mass is 213 g/mol. The summed E-state index contributed by atoms with van der Waals surface area (Å²) in [4.78, 5) is 1.26. The third-order valence-corrected chi connectivity index (χ3v) is 3.58. The molecule has 0 amide bonds. The maximum atomic E-state index is 5.87. The first kappa shape index (κ1) is 8.84. The Kier molecular flexibility index (Phi) is 2.17. The normalized spacial score (nSPS) is 11.4. The van der Waals surface area contributed by atoms with Crippen LogP contribution in [0.3, 0.4) is 0 Å². The van der Waals surface area contributed by atoms with E-state index in [0.29, 0.717) is 11.1 Å². The molecule has 0 aliphatic rings. The Labute approximate surface area is 84.7 Å². The maximum absolute atomic E-state index is 5.87. The third kappa shape index (κ3) is 1.51. The molecule has 0 atom stereocenters. The van der Waals surface area contributed by atoms with Gasteiger partial charge < -0.3 is 0 Å². The van der Waals surface area contributed by atoms with Crippen molar-refractivity contribution in [1.29, 1.82) is 0 Å². The van der Waals surface area contributed by atoms with Gasteiger partial charge in [-0.15, -0.1) is 21.5 Å². The highest BCUT2D eigenvalue weighted by Gasteiger charge is 2.09. The third-order valence-electron chi connectivity index (χ3n) is 1.77. The van der Waals surface area contributed by atoms with Crippen LogP contribution in [0.1, 0.15) is 24.6 Å². The van der Waals surface area contributed by atoms with E-state index in [1.165, 1.54) is 4.88 Å². The van der Waals surface area contributed by atoms with Gasteiger partial charge >= 0.3 is 0 Å². The quantitative estimate of drug-likeness (QED) is 0.731. The van der Waals surface area contributed by atoms with Crippen LogP contribution in [0.15, 0.2) is 6.07 Å². The Hall–Kier alpha value is -0.740. The van der Waals surface area contributed by atoms with E-state index in [1.807, 2.05) is 6.07 Å². The molecule has 0 aromatic carbocycles. The van der Waals surface area contributed by atoms with Crippen LogP contribution in [0.4, 0.5) is 0 Å². The molecule has 0 fully saturated rings. The lowest BCUT2D eigenvalue weighted by Crippen LogP contribution is -1.85. The first-order valence-electron chi connectivity index (χ1n) is 3.97. The fourth-order valence-electron chi connectivity index (χ4n) is 1.06. The van der Waals surface area contributed by atoms with Crippen molar-refractivity contribution in [3.05, 3.63) is 16.1 Å². The van der Waals surface area contributed by atoms with Crippen LogP contribution in [0.2, 0.25) is 5.15 Å². The number of rotatable bonds is 1. The molecular weight excluding hydrogens is 206 g/mol. The van der Waals surface area contributed by atoms with Crippen molar-refractivity contribution in [3.8, 4) is 0 Å². The zero-order valence-electron chi connectivity index (χ0n) is 7.28. The van der Waals surface area contributed by atoms with Crippen LogP contribution in [-0.2, 0) is 0 Å². The van der Waals surface area contributed by atoms with Gasteiger partial charge in [0.1, 0.15) is 5.52 Å². The van der Waals surface area contributed by atoms with Crippen LogP contribution in [0, 0.1) is 0 Å². The highest BCUT2D eigenvalue weighted by molar-refractivity contribution is 7.19. The maximum Gasteiger partial charge on any atom is 0.172 e. The average molecular weight is 214 g/mol. The first-order chi connectivity index (χ1) is 6.18. The van der Waals surface area contributed by atoms with Gasteiger partial charge in [0, 0.05) is 4.88 Å². The number of fused-ring (bicyclic) bond motifs is 1. The largest absolute Gasteiger partial charge is 0.172 e. The lowest BCUT2D eigenvalue weighted by molar-refractivity contribution is 0.884. The molecule has 0 saturated heterocycles. The zero-order chi connectivity index (χ0) is 9.42. The summed E-state index contributed by atoms with van der Waals surface area (Å²) in [6, 6.07) is 2.02. The van der Waals surface area contributed by atoms with E-state index in [1.54, 1.807) is 11.3 Å². The summed E-state index contributed by atoms with van der Waals surface area (Å²) >= 11 is 7.51. The van der Waals surface area contributed by atoms with E-state index in [4.69, 9.17) is 11.6 Å². The molecule has 0 bridgehead atoms. The Morgan fingerprint density at radius 1 is 1.38 bits per heavy atom. The standard InChI is InChI=1S/C8H8ClN3S/c1-4(2)6-3-5-7(13-6)8(9)11-12-10-5/h3-4H,1-2H3. The summed E-state index contributed by atoms with van der Waals surface area (Å²) in [6.45, 7) is 4.28. The molecule has 0 saturated carbocycles. The first-order valence-corrected chi connectivity index (χ1v) is 5.16. The van der Waals surface area contributed by atoms with Crippen LogP contribution >= 0.6 is 22.9 Å². The van der Waals surface area contributed by atoms with Crippen molar-refractivity contribution < 1.29 is 0 Å². The van der Waals surface area contributed by atoms with E-state index in [9.17, 15) is 0 Å². The lowest BCUT2D eigenvalue weighted by atomic mass is 10.2. The van der Waals surface area contributed by atoms with Gasteiger partial charge in [-0.2, -0.15) is 0 Å². The summed E-state index contributed by atoms with van der Waals surface area (Å²) in [5, 5.41) is 11.6. The van der Waals surface area contributed by atoms with Gasteiger partial charge in [0.2, 0.25) is 0 Å². The number of thiophene rings is 1. The minimum atomic E-state index is 0.446. The number of hydrogen-bond donors (Lipinski definition) is 0. The zero-order valence-corrected chi connectivity index (χ0v) is 8.85. The van der Waals surface area contributed by atoms with Gasteiger partial charge in [-0.1, -0.05) is 25.4 Å². The molecule has 68 valence electrons. The highest BCUT2D eigenvalue weighted by Crippen LogP contribution is 2.32. The topological polar surface area (TPSA) is 38.7 Å². The molecular formula is C8H8ClN3S. The molecule has 13 heavy (non-hydrogen) atoms. The highest BCUT2D eigenvalue weighted by atomic mass is 35.5. The minimum Gasteiger partial charge on any atom is -0.135 e. The Morgan fingerprint density at radius 2 is 2.15 bits per heavy atom. The minimum absolute atomic E-state index is 0.446. The lowest BCUT2D eigenvalue weighted by Gasteiger charge is -1.95. The van der Waals surface area contributed by atoms with E-state index >= 15 is 0 Å². The molecule has 0 N–H and O–H groups in total. The van der Waals surface area contributed by atoms with E-state index in [2.05, 4.69) is 29.3 Å². The van der Waals surface area contributed by atoms with Gasteiger partial charge in [-0.05, 0) is 17.2 Å². The molecule has 0 aliphatic carbocycles. The molecule has 5 heteroatoms. The van der Waals surface area contributed by atoms with Crippen molar-refractivity contribution in [3.63, 3.8) is 0 Å². The second kappa shape index (κ2) is 3.20. The summed E-state index contributed by atoms with van der Waals surface area (Å²) < 4.78 is 0.931. The second-order valence-corrected chi connectivity index (χ2v) is 4.54. The Morgan fingerprint density at radius 3 is 2.77 bits per heavy atom. The number of nitrogens with zero attached hydrogens (tertiary/aromatic N) is 3. The molecule has 0 spiro atoms. The SMILES string of the molecule is CC(C)c1cc2nnnc(Cl)c2s1. The Bertz CT molecular complexity index is 438. The predicted molar refractivity (Wildman–Crippen MR) is 54.3 cm³/mol. The number of halogens is 1. The molecule has 2 aromatic rings. The second-order valence-electron chi connectivity index (χ2n) is 3.10. The fraction of sp³-hybridized carbons (Fsp3) is 0.375. The average Bonchev–Trinajstić information content (AvgIpc) is 2.49. The molecule has 0 aliphatic heterocycles. The van der Waals surface area contributed by atoms with Crippen molar-refractivity contribution >= 4 is 33.2 Å². The van der Waals surface area contributed by atoms with Crippen molar-refractivity contribution in [2.45, 2.75) is 19.8 Å². The summed E-state index contributed by atoms with van der Waals surface area (Å²) in [5.41, 5.74) is 0.841. The van der Waals surface area contributed by atoms with Gasteiger partial charge in [-0.25, -0.2) is 0 Å². The Balaban J connectivity index is 2.68. The van der Waals surface area contributed by atoms with E-state index < -0.39 is 0 Å². The van der Waals surface area contributed by atoms with E-state index in [-0.39, 0.29) is 0 Å². The van der Waals surface area contributed by atoms with Gasteiger partial charge in [0.05, 0.1) is 4.70 Å². The van der Waals surface area contributed by atoms with E-state index in [0.717, 1.165) is 10.2 Å². The van der Waals surface area contributed by atoms with Crippen LogP contribution in [-0.4, -0.2) is 15.4 Å². The fourth-order valence-corrected chi connectivity index (χ4v) is 2.28. The molecule has 2 aromatic heterocycles. The van der Waals surface area contributed by atoms with Crippen LogP contribution < -0.4 is 0 Å². The van der Waals surface area contributed by atoms with Gasteiger partial charge in [0.15, 0.2) is 5.15 Å². The van der Waals surface area contributed by atoms with Crippen molar-refractivity contribution in [1.82, 2.24) is 15.4 Å². The van der Waals surface area contributed by atoms with Crippen molar-refractivity contribution in [2.24, 2.45) is 0 Å².